The van der Waals surface area contributed by atoms with Crippen LogP contribution in [0.3, 0.4) is 0 Å². The molecule has 30 heavy (non-hydrogen) atoms. The normalized spacial score (nSPS) is 19.7. The predicted octanol–water partition coefficient (Wildman–Crippen LogP) is 1.17. The van der Waals surface area contributed by atoms with Crippen LogP contribution in [-0.2, 0) is 19.1 Å². The molecule has 2 heterocycles. The third-order valence-electron chi connectivity index (χ3n) is 5.29. The van der Waals surface area contributed by atoms with Crippen LogP contribution in [-0.4, -0.2) is 52.6 Å². The first-order chi connectivity index (χ1) is 14.4. The third-order valence-corrected chi connectivity index (χ3v) is 6.36. The van der Waals surface area contributed by atoms with Crippen LogP contribution in [0, 0.1) is 0 Å². The van der Waals surface area contributed by atoms with Crippen molar-refractivity contribution >= 4 is 47.2 Å². The number of benzene rings is 1. The molecule has 0 aromatic heterocycles. The standard InChI is InChI=1S/C19H20N4O6S/c24-14(22-23-17(27)19(21-18(23)28)6-2-1-3-7-19)9-29-16(26)11-4-5-13-12(8-11)20-15(25)10-30-13/h4-5,8H,1-3,6-7,9-10H2,(H,20,25)(H,21,28)(H,22,24). The van der Waals surface area contributed by atoms with Gasteiger partial charge in [-0.2, -0.15) is 5.01 Å². The highest BCUT2D eigenvalue weighted by Gasteiger charge is 2.52. The summed E-state index contributed by atoms with van der Waals surface area (Å²) >= 11 is 1.36. The number of anilines is 1. The fraction of sp³-hybridized carbons (Fsp3) is 0.421. The number of nitrogens with zero attached hydrogens (tertiary/aromatic N) is 1. The van der Waals surface area contributed by atoms with E-state index in [1.807, 2.05) is 0 Å². The van der Waals surface area contributed by atoms with Crippen LogP contribution in [0.25, 0.3) is 0 Å². The van der Waals surface area contributed by atoms with Crippen LogP contribution < -0.4 is 16.1 Å². The molecule has 11 heteroatoms. The second-order valence-corrected chi connectivity index (χ2v) is 8.39. The number of ether oxygens (including phenoxy) is 1. The van der Waals surface area contributed by atoms with E-state index < -0.39 is 36.0 Å². The Morgan fingerprint density at radius 3 is 2.70 bits per heavy atom. The number of thioether (sulfide) groups is 1. The van der Waals surface area contributed by atoms with E-state index in [1.54, 1.807) is 6.07 Å². The zero-order chi connectivity index (χ0) is 21.3. The van der Waals surface area contributed by atoms with Gasteiger partial charge in [-0.05, 0) is 31.0 Å². The number of hydrazine groups is 1. The first-order valence-corrected chi connectivity index (χ1v) is 10.6. The average molecular weight is 432 g/mol. The molecule has 0 atom stereocenters. The fourth-order valence-corrected chi connectivity index (χ4v) is 4.59. The average Bonchev–Trinajstić information content (AvgIpc) is 2.95. The van der Waals surface area contributed by atoms with Crippen LogP contribution in [0.1, 0.15) is 42.5 Å². The largest absolute Gasteiger partial charge is 0.452 e. The molecule has 10 nitrogen and oxygen atoms in total. The molecule has 0 radical (unpaired) electrons. The monoisotopic (exact) mass is 432 g/mol. The van der Waals surface area contributed by atoms with Crippen molar-refractivity contribution in [3.05, 3.63) is 23.8 Å². The molecule has 3 aliphatic rings. The van der Waals surface area contributed by atoms with Gasteiger partial charge in [0.15, 0.2) is 6.61 Å². The Labute approximate surface area is 176 Å². The van der Waals surface area contributed by atoms with Crippen molar-refractivity contribution in [2.75, 3.05) is 17.7 Å². The minimum absolute atomic E-state index is 0.165. The number of nitrogens with one attached hydrogen (secondary N) is 3. The smallest absolute Gasteiger partial charge is 0.344 e. The summed E-state index contributed by atoms with van der Waals surface area (Å²) in [6, 6.07) is 4.01. The molecule has 1 aromatic rings. The van der Waals surface area contributed by atoms with Gasteiger partial charge in [0.1, 0.15) is 5.54 Å². The third kappa shape index (κ3) is 3.84. The number of fused-ring (bicyclic) bond motifs is 1. The van der Waals surface area contributed by atoms with Crippen molar-refractivity contribution < 1.29 is 28.7 Å². The number of carbonyl (C=O) groups excluding carboxylic acids is 5. The number of urea groups is 1. The lowest BCUT2D eigenvalue weighted by Crippen LogP contribution is -2.51. The zero-order valence-electron chi connectivity index (χ0n) is 16.0. The van der Waals surface area contributed by atoms with E-state index in [0.717, 1.165) is 24.2 Å². The molecule has 1 saturated heterocycles. The molecule has 1 saturated carbocycles. The number of imide groups is 1. The van der Waals surface area contributed by atoms with E-state index >= 15 is 0 Å². The highest BCUT2D eigenvalue weighted by atomic mass is 32.2. The molecule has 1 aliphatic carbocycles. The van der Waals surface area contributed by atoms with Crippen molar-refractivity contribution in [2.24, 2.45) is 0 Å². The summed E-state index contributed by atoms with van der Waals surface area (Å²) < 4.78 is 4.99. The summed E-state index contributed by atoms with van der Waals surface area (Å²) in [6.07, 6.45) is 3.72. The Kier molecular flexibility index (Phi) is 5.37. The van der Waals surface area contributed by atoms with Gasteiger partial charge in [-0.1, -0.05) is 19.3 Å². The van der Waals surface area contributed by atoms with E-state index in [9.17, 15) is 24.0 Å². The maximum atomic E-state index is 12.6. The molecule has 158 valence electrons. The Balaban J connectivity index is 1.33. The summed E-state index contributed by atoms with van der Waals surface area (Å²) in [5, 5.41) is 6.01. The predicted molar refractivity (Wildman–Crippen MR) is 105 cm³/mol. The van der Waals surface area contributed by atoms with Crippen LogP contribution in [0.15, 0.2) is 23.1 Å². The molecule has 0 unspecified atom stereocenters. The molecular weight excluding hydrogens is 412 g/mol. The van der Waals surface area contributed by atoms with Gasteiger partial charge in [-0.3, -0.25) is 19.8 Å². The van der Waals surface area contributed by atoms with Gasteiger partial charge in [0.2, 0.25) is 5.91 Å². The molecule has 2 aliphatic heterocycles. The van der Waals surface area contributed by atoms with Gasteiger partial charge >= 0.3 is 12.0 Å². The molecule has 5 amide bonds. The number of hydrogen-bond donors (Lipinski definition) is 3. The second kappa shape index (κ2) is 7.98. The van der Waals surface area contributed by atoms with E-state index in [1.165, 1.54) is 23.9 Å². The highest BCUT2D eigenvalue weighted by molar-refractivity contribution is 8.00. The Hall–Kier alpha value is -3.08. The fourth-order valence-electron chi connectivity index (χ4n) is 3.80. The van der Waals surface area contributed by atoms with Gasteiger partial charge in [0.05, 0.1) is 17.0 Å². The van der Waals surface area contributed by atoms with E-state index in [0.29, 0.717) is 29.3 Å². The SMILES string of the molecule is O=C1CSc2ccc(C(=O)OCC(=O)NN3C(=O)NC4(CCCCC4)C3=O)cc2N1. The summed E-state index contributed by atoms with van der Waals surface area (Å²) in [5.41, 5.74) is 1.93. The minimum atomic E-state index is -0.954. The van der Waals surface area contributed by atoms with Crippen molar-refractivity contribution in [2.45, 2.75) is 42.5 Å². The number of carbonyl (C=O) groups is 5. The lowest BCUT2D eigenvalue weighted by atomic mass is 9.82. The van der Waals surface area contributed by atoms with Crippen LogP contribution >= 0.6 is 11.8 Å². The quantitative estimate of drug-likeness (QED) is 0.480. The number of esters is 1. The van der Waals surface area contributed by atoms with Crippen molar-refractivity contribution in [3.8, 4) is 0 Å². The second-order valence-electron chi connectivity index (χ2n) is 7.37. The van der Waals surface area contributed by atoms with Crippen molar-refractivity contribution in [3.63, 3.8) is 0 Å². The number of amides is 5. The maximum absolute atomic E-state index is 12.6. The molecule has 0 bridgehead atoms. The molecule has 3 N–H and O–H groups in total. The summed E-state index contributed by atoms with van der Waals surface area (Å²) in [7, 11) is 0. The van der Waals surface area contributed by atoms with Gasteiger partial charge in [-0.15, -0.1) is 11.8 Å². The molecule has 2 fully saturated rings. The summed E-state index contributed by atoms with van der Waals surface area (Å²) in [4.78, 5) is 61.5. The van der Waals surface area contributed by atoms with Gasteiger partial charge in [-0.25, -0.2) is 9.59 Å². The number of rotatable bonds is 4. The molecule has 1 aromatic carbocycles. The van der Waals surface area contributed by atoms with Crippen LogP contribution in [0.4, 0.5) is 10.5 Å². The first-order valence-electron chi connectivity index (χ1n) is 9.58. The van der Waals surface area contributed by atoms with Crippen LogP contribution in [0.2, 0.25) is 0 Å². The summed E-state index contributed by atoms with van der Waals surface area (Å²) in [5.74, 6) is -1.92. The zero-order valence-corrected chi connectivity index (χ0v) is 16.8. The molecular formula is C19H20N4O6S. The van der Waals surface area contributed by atoms with E-state index in [2.05, 4.69) is 16.1 Å². The first kappa shape index (κ1) is 20.2. The van der Waals surface area contributed by atoms with Crippen molar-refractivity contribution in [1.29, 1.82) is 0 Å². The van der Waals surface area contributed by atoms with E-state index in [-0.39, 0.29) is 11.5 Å². The molecule has 1 spiro atoms. The lowest BCUT2D eigenvalue weighted by molar-refractivity contribution is -0.140. The van der Waals surface area contributed by atoms with Gasteiger partial charge < -0.3 is 15.4 Å². The van der Waals surface area contributed by atoms with Gasteiger partial charge in [0, 0.05) is 4.90 Å². The Morgan fingerprint density at radius 2 is 1.93 bits per heavy atom. The topological polar surface area (TPSA) is 134 Å². The Bertz CT molecular complexity index is 943. The minimum Gasteiger partial charge on any atom is -0.452 e. The number of hydrogen-bond acceptors (Lipinski definition) is 7. The molecule has 4 rings (SSSR count). The van der Waals surface area contributed by atoms with Crippen LogP contribution in [0.5, 0.6) is 0 Å². The summed E-state index contributed by atoms with van der Waals surface area (Å²) in [6.45, 7) is -0.666. The van der Waals surface area contributed by atoms with Gasteiger partial charge in [0.25, 0.3) is 11.8 Å². The lowest BCUT2D eigenvalue weighted by Gasteiger charge is -2.30. The maximum Gasteiger partial charge on any atom is 0.344 e. The van der Waals surface area contributed by atoms with E-state index in [4.69, 9.17) is 4.74 Å². The highest BCUT2D eigenvalue weighted by Crippen LogP contribution is 2.33. The van der Waals surface area contributed by atoms with Crippen molar-refractivity contribution in [1.82, 2.24) is 15.8 Å². The Morgan fingerprint density at radius 1 is 1.17 bits per heavy atom.